The average Bonchev–Trinajstić information content (AvgIpc) is 2.87. The first-order valence-corrected chi connectivity index (χ1v) is 8.02. The van der Waals surface area contributed by atoms with E-state index in [1.165, 1.54) is 23.7 Å². The predicted molar refractivity (Wildman–Crippen MR) is 95.0 cm³/mol. The molecule has 0 aliphatic carbocycles. The Labute approximate surface area is 148 Å². The standard InChI is InChI=1S/C18H17N3O5/c1-13(22)26-10-9-19-17-8-7-15(21(24)25)11-16(17)18(23)20(19)12-14-5-3-2-4-6-14/h2-8,11H,9-10,12H2,1H3. The molecule has 0 spiro atoms. The van der Waals surface area contributed by atoms with Crippen LogP contribution in [0.2, 0.25) is 0 Å². The molecule has 0 saturated heterocycles. The van der Waals surface area contributed by atoms with Crippen LogP contribution < -0.4 is 5.56 Å². The normalized spacial score (nSPS) is 10.8. The fourth-order valence-electron chi connectivity index (χ4n) is 2.84. The van der Waals surface area contributed by atoms with Crippen molar-refractivity contribution in [3.05, 3.63) is 74.6 Å². The molecular weight excluding hydrogens is 338 g/mol. The summed E-state index contributed by atoms with van der Waals surface area (Å²) < 4.78 is 8.19. The second-order valence-electron chi connectivity index (χ2n) is 5.77. The van der Waals surface area contributed by atoms with Gasteiger partial charge in [-0.1, -0.05) is 30.3 Å². The van der Waals surface area contributed by atoms with Gasteiger partial charge in [-0.15, -0.1) is 0 Å². The lowest BCUT2D eigenvalue weighted by atomic mass is 10.2. The van der Waals surface area contributed by atoms with E-state index in [0.717, 1.165) is 5.56 Å². The van der Waals surface area contributed by atoms with Crippen molar-refractivity contribution in [1.29, 1.82) is 0 Å². The van der Waals surface area contributed by atoms with Gasteiger partial charge in [-0.05, 0) is 11.6 Å². The Bertz CT molecular complexity index is 1020. The SMILES string of the molecule is CC(=O)OCCn1c2ccc([N+](=O)[O-])cc2c(=O)n1Cc1ccccc1. The maximum absolute atomic E-state index is 12.8. The van der Waals surface area contributed by atoms with Crippen LogP contribution >= 0.6 is 0 Å². The summed E-state index contributed by atoms with van der Waals surface area (Å²) in [5.41, 5.74) is 1.01. The van der Waals surface area contributed by atoms with Crippen molar-refractivity contribution in [2.24, 2.45) is 0 Å². The molecule has 1 heterocycles. The van der Waals surface area contributed by atoms with E-state index >= 15 is 0 Å². The van der Waals surface area contributed by atoms with E-state index in [1.807, 2.05) is 30.3 Å². The molecule has 8 nitrogen and oxygen atoms in total. The third kappa shape index (κ3) is 3.49. The van der Waals surface area contributed by atoms with E-state index in [1.54, 1.807) is 10.7 Å². The molecular formula is C18H17N3O5. The number of ether oxygens (including phenoxy) is 1. The number of esters is 1. The van der Waals surface area contributed by atoms with Crippen molar-refractivity contribution in [2.75, 3.05) is 6.61 Å². The van der Waals surface area contributed by atoms with Gasteiger partial charge < -0.3 is 4.74 Å². The first-order chi connectivity index (χ1) is 12.5. The highest BCUT2D eigenvalue weighted by Gasteiger charge is 2.17. The molecule has 2 aromatic carbocycles. The number of fused-ring (bicyclic) bond motifs is 1. The van der Waals surface area contributed by atoms with Gasteiger partial charge in [0.1, 0.15) is 6.61 Å². The van der Waals surface area contributed by atoms with Crippen LogP contribution in [0.5, 0.6) is 0 Å². The van der Waals surface area contributed by atoms with Gasteiger partial charge in [0.15, 0.2) is 0 Å². The Morgan fingerprint density at radius 3 is 2.54 bits per heavy atom. The minimum Gasteiger partial charge on any atom is -0.464 e. The van der Waals surface area contributed by atoms with E-state index in [2.05, 4.69) is 0 Å². The minimum atomic E-state index is -0.531. The van der Waals surface area contributed by atoms with Gasteiger partial charge in [0.05, 0.1) is 28.9 Å². The van der Waals surface area contributed by atoms with Crippen LogP contribution in [0.25, 0.3) is 10.9 Å². The molecule has 8 heteroatoms. The number of aromatic nitrogens is 2. The second-order valence-corrected chi connectivity index (χ2v) is 5.77. The van der Waals surface area contributed by atoms with Crippen LogP contribution in [-0.4, -0.2) is 26.9 Å². The first kappa shape index (κ1) is 17.4. The molecule has 0 atom stereocenters. The lowest BCUT2D eigenvalue weighted by molar-refractivity contribution is -0.384. The number of rotatable bonds is 6. The largest absolute Gasteiger partial charge is 0.464 e. The zero-order valence-electron chi connectivity index (χ0n) is 14.1. The van der Waals surface area contributed by atoms with Crippen molar-refractivity contribution < 1.29 is 14.5 Å². The number of carbonyl (C=O) groups excluding carboxylic acids is 1. The highest BCUT2D eigenvalue weighted by Crippen LogP contribution is 2.19. The van der Waals surface area contributed by atoms with Crippen molar-refractivity contribution in [2.45, 2.75) is 20.0 Å². The summed E-state index contributed by atoms with van der Waals surface area (Å²) in [5.74, 6) is -0.408. The predicted octanol–water partition coefficient (Wildman–Crippen LogP) is 2.32. The average molecular weight is 355 g/mol. The molecule has 26 heavy (non-hydrogen) atoms. The number of benzene rings is 2. The van der Waals surface area contributed by atoms with E-state index in [0.29, 0.717) is 12.1 Å². The van der Waals surface area contributed by atoms with Gasteiger partial charge in [0, 0.05) is 19.1 Å². The third-order valence-corrected chi connectivity index (χ3v) is 4.01. The maximum atomic E-state index is 12.8. The van der Waals surface area contributed by atoms with Crippen molar-refractivity contribution >= 4 is 22.6 Å². The lowest BCUT2D eigenvalue weighted by Crippen LogP contribution is -2.25. The van der Waals surface area contributed by atoms with E-state index in [-0.39, 0.29) is 29.8 Å². The summed E-state index contributed by atoms with van der Waals surface area (Å²) in [7, 11) is 0. The minimum absolute atomic E-state index is 0.102. The fraction of sp³-hybridized carbons (Fsp3) is 0.222. The van der Waals surface area contributed by atoms with Gasteiger partial charge in [-0.25, -0.2) is 4.68 Å². The quantitative estimate of drug-likeness (QED) is 0.384. The Hall–Kier alpha value is -3.42. The Morgan fingerprint density at radius 2 is 1.88 bits per heavy atom. The Balaban J connectivity index is 2.09. The van der Waals surface area contributed by atoms with Gasteiger partial charge in [0.25, 0.3) is 11.2 Å². The molecule has 0 amide bonds. The molecule has 0 fully saturated rings. The van der Waals surface area contributed by atoms with Gasteiger partial charge in [0.2, 0.25) is 0 Å². The summed E-state index contributed by atoms with van der Waals surface area (Å²) in [6.07, 6.45) is 0. The van der Waals surface area contributed by atoms with Crippen LogP contribution in [0.3, 0.4) is 0 Å². The van der Waals surface area contributed by atoms with Crippen molar-refractivity contribution in [1.82, 2.24) is 9.36 Å². The topological polar surface area (TPSA) is 96.4 Å². The first-order valence-electron chi connectivity index (χ1n) is 8.02. The third-order valence-electron chi connectivity index (χ3n) is 4.01. The van der Waals surface area contributed by atoms with Crippen molar-refractivity contribution in [3.8, 4) is 0 Å². The monoisotopic (exact) mass is 355 g/mol. The van der Waals surface area contributed by atoms with Crippen LogP contribution in [0, 0.1) is 10.1 Å². The summed E-state index contributed by atoms with van der Waals surface area (Å²) in [5, 5.41) is 11.3. The van der Waals surface area contributed by atoms with Gasteiger partial charge >= 0.3 is 5.97 Å². The number of carbonyl (C=O) groups is 1. The lowest BCUT2D eigenvalue weighted by Gasteiger charge is -2.13. The van der Waals surface area contributed by atoms with Gasteiger partial charge in [-0.2, -0.15) is 0 Å². The number of nitro groups is 1. The molecule has 0 saturated carbocycles. The fourth-order valence-corrected chi connectivity index (χ4v) is 2.84. The molecule has 3 aromatic rings. The second kappa shape index (κ2) is 7.22. The summed E-state index contributed by atoms with van der Waals surface area (Å²) in [6, 6.07) is 13.6. The molecule has 0 radical (unpaired) electrons. The van der Waals surface area contributed by atoms with Crippen LogP contribution in [0.4, 0.5) is 5.69 Å². The van der Waals surface area contributed by atoms with Gasteiger partial charge in [-0.3, -0.25) is 24.4 Å². The summed E-state index contributed by atoms with van der Waals surface area (Å²) >= 11 is 0. The maximum Gasteiger partial charge on any atom is 0.302 e. The van der Waals surface area contributed by atoms with Crippen molar-refractivity contribution in [3.63, 3.8) is 0 Å². The zero-order valence-corrected chi connectivity index (χ0v) is 14.1. The smallest absolute Gasteiger partial charge is 0.302 e. The number of non-ortho nitro benzene ring substituents is 1. The molecule has 0 aliphatic rings. The van der Waals surface area contributed by atoms with E-state index < -0.39 is 10.9 Å². The van der Waals surface area contributed by atoms with Crippen LogP contribution in [-0.2, 0) is 22.6 Å². The molecule has 0 bridgehead atoms. The molecule has 0 N–H and O–H groups in total. The molecule has 0 unspecified atom stereocenters. The molecule has 134 valence electrons. The highest BCUT2D eigenvalue weighted by atomic mass is 16.6. The van der Waals surface area contributed by atoms with E-state index in [4.69, 9.17) is 4.74 Å². The molecule has 3 rings (SSSR count). The molecule has 0 aliphatic heterocycles. The summed E-state index contributed by atoms with van der Waals surface area (Å²) in [4.78, 5) is 34.3. The Kier molecular flexibility index (Phi) is 4.83. The summed E-state index contributed by atoms with van der Waals surface area (Å²) in [6.45, 7) is 1.99. The van der Waals surface area contributed by atoms with Crippen LogP contribution in [0.15, 0.2) is 53.3 Å². The molecule has 1 aromatic heterocycles. The van der Waals surface area contributed by atoms with E-state index in [9.17, 15) is 19.7 Å². The number of nitrogens with zero attached hydrogens (tertiary/aromatic N) is 3. The highest BCUT2D eigenvalue weighted by molar-refractivity contribution is 5.81. The number of hydrogen-bond donors (Lipinski definition) is 0. The zero-order chi connectivity index (χ0) is 18.7. The number of hydrogen-bond acceptors (Lipinski definition) is 5. The van der Waals surface area contributed by atoms with Crippen LogP contribution in [0.1, 0.15) is 12.5 Å². The Morgan fingerprint density at radius 1 is 1.15 bits per heavy atom. The number of nitro benzene ring substituents is 1.